The fourth-order valence-electron chi connectivity index (χ4n) is 3.42. The Morgan fingerprint density at radius 2 is 1.80 bits per heavy atom. The summed E-state index contributed by atoms with van der Waals surface area (Å²) < 4.78 is 45.1. The smallest absolute Gasteiger partial charge is 0.416 e. The number of rotatable bonds is 7. The first-order valence-electron chi connectivity index (χ1n) is 10.1. The number of carbonyl (C=O) groups excluding carboxylic acids is 2. The number of aryl methyl sites for hydroxylation is 2. The highest BCUT2D eigenvalue weighted by atomic mass is 35.5. The standard InChI is InChI=1S/C23H20Cl2F3N3O3S/c1-11-4-5-12(6-7-17(32)34-2)8-14(11)20(33)18-21(29)31(30-22(18)35-3)19-15(24)9-13(10-16(19)25)23(26,27)28/h4-5,8-10H,6-7,29H2,1-3H3. The Balaban J connectivity index is 2.09. The summed E-state index contributed by atoms with van der Waals surface area (Å²) in [5.41, 5.74) is 7.01. The Labute approximate surface area is 213 Å². The predicted octanol–water partition coefficient (Wildman–Crippen LogP) is 6.15. The first-order valence-corrected chi connectivity index (χ1v) is 12.1. The number of esters is 1. The quantitative estimate of drug-likeness (QED) is 0.218. The van der Waals surface area contributed by atoms with Crippen LogP contribution in [0.3, 0.4) is 0 Å². The average Bonchev–Trinajstić information content (AvgIpc) is 3.12. The van der Waals surface area contributed by atoms with Gasteiger partial charge in [0.25, 0.3) is 0 Å². The van der Waals surface area contributed by atoms with Crippen molar-refractivity contribution in [2.24, 2.45) is 0 Å². The number of thioether (sulfide) groups is 1. The van der Waals surface area contributed by atoms with Crippen LogP contribution in [0.25, 0.3) is 5.69 Å². The molecule has 0 aliphatic carbocycles. The van der Waals surface area contributed by atoms with Crippen molar-refractivity contribution in [3.8, 4) is 5.69 Å². The SMILES string of the molecule is COC(=O)CCc1ccc(C)c(C(=O)c2c(SC)nn(-c3c(Cl)cc(C(F)(F)F)cc3Cl)c2N)c1. The van der Waals surface area contributed by atoms with Gasteiger partial charge in [-0.3, -0.25) is 9.59 Å². The first-order chi connectivity index (χ1) is 16.4. The molecule has 3 aromatic rings. The lowest BCUT2D eigenvalue weighted by Gasteiger charge is -2.13. The number of anilines is 1. The predicted molar refractivity (Wildman–Crippen MR) is 130 cm³/mol. The number of nitrogens with two attached hydrogens (primary N) is 1. The second kappa shape index (κ2) is 10.5. The molecule has 0 radical (unpaired) electrons. The molecule has 186 valence electrons. The van der Waals surface area contributed by atoms with Crippen molar-refractivity contribution in [2.75, 3.05) is 19.1 Å². The Hall–Kier alpha value is -2.69. The normalized spacial score (nSPS) is 11.5. The summed E-state index contributed by atoms with van der Waals surface area (Å²) in [5.74, 6) is -0.934. The number of carbonyl (C=O) groups is 2. The van der Waals surface area contributed by atoms with Crippen LogP contribution in [-0.4, -0.2) is 34.9 Å². The number of hydrogen-bond acceptors (Lipinski definition) is 6. The van der Waals surface area contributed by atoms with E-state index in [1.165, 1.54) is 7.11 Å². The number of nitrogen functional groups attached to an aromatic ring is 1. The lowest BCUT2D eigenvalue weighted by atomic mass is 9.96. The van der Waals surface area contributed by atoms with Crippen LogP contribution in [0.4, 0.5) is 19.0 Å². The van der Waals surface area contributed by atoms with E-state index in [0.717, 1.165) is 34.1 Å². The molecule has 0 saturated carbocycles. The van der Waals surface area contributed by atoms with Gasteiger partial charge in [0.15, 0.2) is 5.78 Å². The molecule has 12 heteroatoms. The molecule has 0 fully saturated rings. The summed E-state index contributed by atoms with van der Waals surface area (Å²) in [5, 5.41) is 3.90. The molecule has 1 aromatic heterocycles. The third-order valence-electron chi connectivity index (χ3n) is 5.26. The Kier molecular flexibility index (Phi) is 8.08. The van der Waals surface area contributed by atoms with Crippen molar-refractivity contribution in [1.82, 2.24) is 9.78 Å². The molecular weight excluding hydrogens is 526 g/mol. The fraction of sp³-hybridized carbons (Fsp3) is 0.261. The molecule has 0 saturated heterocycles. The Bertz CT molecular complexity index is 1290. The summed E-state index contributed by atoms with van der Waals surface area (Å²) in [7, 11) is 1.30. The van der Waals surface area contributed by atoms with E-state index in [-0.39, 0.29) is 44.5 Å². The number of aromatic nitrogens is 2. The molecule has 3 rings (SSSR count). The molecule has 35 heavy (non-hydrogen) atoms. The molecule has 0 aliphatic heterocycles. The Morgan fingerprint density at radius 1 is 1.17 bits per heavy atom. The number of alkyl halides is 3. The monoisotopic (exact) mass is 545 g/mol. The molecule has 0 atom stereocenters. The largest absolute Gasteiger partial charge is 0.469 e. The van der Waals surface area contributed by atoms with Crippen LogP contribution in [0.2, 0.25) is 10.0 Å². The topological polar surface area (TPSA) is 87.2 Å². The lowest BCUT2D eigenvalue weighted by molar-refractivity contribution is -0.140. The maximum absolute atomic E-state index is 13.6. The van der Waals surface area contributed by atoms with E-state index < -0.39 is 17.5 Å². The van der Waals surface area contributed by atoms with Gasteiger partial charge in [0.1, 0.15) is 16.5 Å². The molecule has 0 amide bonds. The van der Waals surface area contributed by atoms with Gasteiger partial charge in [-0.2, -0.15) is 18.3 Å². The van der Waals surface area contributed by atoms with Crippen LogP contribution in [0.15, 0.2) is 35.4 Å². The highest BCUT2D eigenvalue weighted by molar-refractivity contribution is 7.98. The number of methoxy groups -OCH3 is 1. The molecule has 2 N–H and O–H groups in total. The summed E-state index contributed by atoms with van der Waals surface area (Å²) in [4.78, 5) is 25.0. The van der Waals surface area contributed by atoms with Crippen molar-refractivity contribution in [3.63, 3.8) is 0 Å². The van der Waals surface area contributed by atoms with Crippen LogP contribution in [0.5, 0.6) is 0 Å². The van der Waals surface area contributed by atoms with Crippen LogP contribution in [-0.2, 0) is 22.1 Å². The van der Waals surface area contributed by atoms with E-state index in [0.29, 0.717) is 17.5 Å². The van der Waals surface area contributed by atoms with Gasteiger partial charge in [-0.15, -0.1) is 11.8 Å². The number of halogens is 5. The fourth-order valence-corrected chi connectivity index (χ4v) is 4.63. The van der Waals surface area contributed by atoms with E-state index in [4.69, 9.17) is 28.9 Å². The second-order valence-electron chi connectivity index (χ2n) is 7.52. The maximum atomic E-state index is 13.6. The van der Waals surface area contributed by atoms with Crippen LogP contribution in [0, 0.1) is 6.92 Å². The van der Waals surface area contributed by atoms with Gasteiger partial charge in [0, 0.05) is 12.0 Å². The summed E-state index contributed by atoms with van der Waals surface area (Å²) >= 11 is 13.4. The number of hydrogen-bond donors (Lipinski definition) is 1. The van der Waals surface area contributed by atoms with Gasteiger partial charge in [-0.25, -0.2) is 4.68 Å². The second-order valence-corrected chi connectivity index (χ2v) is 9.13. The average molecular weight is 546 g/mol. The van der Waals surface area contributed by atoms with Crippen LogP contribution in [0.1, 0.15) is 39.0 Å². The highest BCUT2D eigenvalue weighted by Crippen LogP contribution is 2.40. The van der Waals surface area contributed by atoms with E-state index in [1.807, 2.05) is 0 Å². The minimum atomic E-state index is -4.65. The molecule has 2 aromatic carbocycles. The summed E-state index contributed by atoms with van der Waals surface area (Å²) in [6.07, 6.45) is -2.45. The van der Waals surface area contributed by atoms with E-state index in [2.05, 4.69) is 9.84 Å². The molecule has 6 nitrogen and oxygen atoms in total. The van der Waals surface area contributed by atoms with Crippen molar-refractivity contribution in [1.29, 1.82) is 0 Å². The van der Waals surface area contributed by atoms with Crippen LogP contribution < -0.4 is 5.73 Å². The van der Waals surface area contributed by atoms with Gasteiger partial charge >= 0.3 is 12.1 Å². The molecule has 0 aliphatic rings. The van der Waals surface area contributed by atoms with Crippen LogP contribution >= 0.6 is 35.0 Å². The van der Waals surface area contributed by atoms with Gasteiger partial charge in [0.2, 0.25) is 0 Å². The lowest BCUT2D eigenvalue weighted by Crippen LogP contribution is -2.11. The molecule has 1 heterocycles. The zero-order valence-corrected chi connectivity index (χ0v) is 21.1. The van der Waals surface area contributed by atoms with E-state index in [9.17, 15) is 22.8 Å². The number of nitrogens with zero attached hydrogens (tertiary/aromatic N) is 2. The minimum Gasteiger partial charge on any atom is -0.469 e. The molecule has 0 unspecified atom stereocenters. The molecule has 0 spiro atoms. The zero-order chi connectivity index (χ0) is 26.1. The first kappa shape index (κ1) is 26.9. The van der Waals surface area contributed by atoms with Gasteiger partial charge < -0.3 is 10.5 Å². The van der Waals surface area contributed by atoms with E-state index in [1.54, 1.807) is 31.4 Å². The minimum absolute atomic E-state index is 0.0674. The molecule has 0 bridgehead atoms. The van der Waals surface area contributed by atoms with Gasteiger partial charge in [0.05, 0.1) is 28.3 Å². The van der Waals surface area contributed by atoms with Crippen molar-refractivity contribution in [3.05, 3.63) is 68.2 Å². The van der Waals surface area contributed by atoms with Crippen molar-refractivity contribution >= 4 is 52.5 Å². The van der Waals surface area contributed by atoms with Crippen molar-refractivity contribution < 1.29 is 27.5 Å². The summed E-state index contributed by atoms with van der Waals surface area (Å²) in [6, 6.07) is 6.67. The number of ketones is 1. The van der Waals surface area contributed by atoms with Gasteiger partial charge in [-0.05, 0) is 48.9 Å². The highest BCUT2D eigenvalue weighted by Gasteiger charge is 2.33. The van der Waals surface area contributed by atoms with E-state index >= 15 is 0 Å². The summed E-state index contributed by atoms with van der Waals surface area (Å²) in [6.45, 7) is 1.75. The zero-order valence-electron chi connectivity index (χ0n) is 18.8. The third kappa shape index (κ3) is 5.60. The number of ether oxygens (including phenoxy) is 1. The maximum Gasteiger partial charge on any atom is 0.416 e. The van der Waals surface area contributed by atoms with Gasteiger partial charge in [-0.1, -0.05) is 35.3 Å². The molecular formula is C23H20Cl2F3N3O3S. The third-order valence-corrected chi connectivity index (χ3v) is 6.51. The Morgan fingerprint density at radius 3 is 2.34 bits per heavy atom. The number of benzene rings is 2. The van der Waals surface area contributed by atoms with Crippen molar-refractivity contribution in [2.45, 2.75) is 31.0 Å².